The summed E-state index contributed by atoms with van der Waals surface area (Å²) in [5.41, 5.74) is 3.45. The number of nitrogens with one attached hydrogen (secondary N) is 1. The first-order valence-electron chi connectivity index (χ1n) is 6.57. The normalized spacial score (nSPS) is 19.2. The average Bonchev–Trinajstić information content (AvgIpc) is 2.41. The Labute approximate surface area is 114 Å². The summed E-state index contributed by atoms with van der Waals surface area (Å²) in [6.45, 7) is 7.47. The van der Waals surface area contributed by atoms with E-state index in [-0.39, 0.29) is 11.6 Å². The van der Waals surface area contributed by atoms with Crippen LogP contribution in [0.1, 0.15) is 19.4 Å². The monoisotopic (exact) mass is 262 g/mol. The number of hydrogen-bond donors (Lipinski definition) is 2. The van der Waals surface area contributed by atoms with Crippen molar-refractivity contribution >= 4 is 6.03 Å². The molecule has 5 heteroatoms. The van der Waals surface area contributed by atoms with E-state index in [4.69, 9.17) is 5.84 Å². The average molecular weight is 262 g/mol. The van der Waals surface area contributed by atoms with Crippen LogP contribution < -0.4 is 11.3 Å². The maximum absolute atomic E-state index is 11.6. The lowest BCUT2D eigenvalue weighted by molar-refractivity contribution is 0.0298. The van der Waals surface area contributed by atoms with Crippen molar-refractivity contribution in [3.63, 3.8) is 0 Å². The molecule has 2 amide bonds. The molecule has 1 fully saturated rings. The van der Waals surface area contributed by atoms with E-state index in [9.17, 15) is 4.79 Å². The fourth-order valence-corrected chi connectivity index (χ4v) is 2.55. The zero-order valence-electron chi connectivity index (χ0n) is 11.6. The Morgan fingerprint density at radius 3 is 2.58 bits per heavy atom. The molecule has 0 saturated carbocycles. The number of urea groups is 1. The van der Waals surface area contributed by atoms with E-state index < -0.39 is 0 Å². The highest BCUT2D eigenvalue weighted by molar-refractivity contribution is 5.73. The van der Waals surface area contributed by atoms with E-state index in [1.54, 1.807) is 4.90 Å². The maximum Gasteiger partial charge on any atom is 0.331 e. The first-order valence-corrected chi connectivity index (χ1v) is 6.57. The number of amides is 2. The molecular formula is C14H22N4O. The Morgan fingerprint density at radius 2 is 2.00 bits per heavy atom. The standard InChI is InChI=1S/C14H22N4O/c1-14(2)11-17(13(19)16-15)8-9-18(14)10-12-6-4-3-5-7-12/h3-7H,8-11,15H2,1-2H3,(H,16,19). The molecule has 1 aromatic carbocycles. The van der Waals surface area contributed by atoms with E-state index in [0.717, 1.165) is 13.1 Å². The Kier molecular flexibility index (Phi) is 4.07. The van der Waals surface area contributed by atoms with Crippen LogP contribution in [0.5, 0.6) is 0 Å². The van der Waals surface area contributed by atoms with E-state index in [1.165, 1.54) is 5.56 Å². The van der Waals surface area contributed by atoms with Gasteiger partial charge in [-0.2, -0.15) is 0 Å². The minimum Gasteiger partial charge on any atom is -0.321 e. The van der Waals surface area contributed by atoms with Crippen LogP contribution in [0, 0.1) is 0 Å². The summed E-state index contributed by atoms with van der Waals surface area (Å²) >= 11 is 0. The third-order valence-corrected chi connectivity index (χ3v) is 3.70. The minimum absolute atomic E-state index is 0.0550. The highest BCUT2D eigenvalue weighted by Crippen LogP contribution is 2.23. The Hall–Kier alpha value is -1.59. The number of benzene rings is 1. The third kappa shape index (κ3) is 3.24. The second kappa shape index (κ2) is 5.59. The third-order valence-electron chi connectivity index (χ3n) is 3.70. The number of hydrazine groups is 1. The van der Waals surface area contributed by atoms with Crippen molar-refractivity contribution in [3.05, 3.63) is 35.9 Å². The molecule has 19 heavy (non-hydrogen) atoms. The number of carbonyl (C=O) groups excluding carboxylic acids is 1. The van der Waals surface area contributed by atoms with Crippen LogP contribution in [0.2, 0.25) is 0 Å². The first kappa shape index (κ1) is 13.8. The zero-order valence-corrected chi connectivity index (χ0v) is 11.6. The van der Waals surface area contributed by atoms with Crippen LogP contribution in [0.15, 0.2) is 30.3 Å². The lowest BCUT2D eigenvalue weighted by Gasteiger charge is -2.47. The van der Waals surface area contributed by atoms with Gasteiger partial charge in [-0.15, -0.1) is 0 Å². The molecule has 1 aromatic rings. The molecule has 0 radical (unpaired) electrons. The molecular weight excluding hydrogens is 240 g/mol. The van der Waals surface area contributed by atoms with Gasteiger partial charge in [-0.1, -0.05) is 30.3 Å². The molecule has 0 unspecified atom stereocenters. The van der Waals surface area contributed by atoms with E-state index in [2.05, 4.69) is 48.4 Å². The molecule has 0 bridgehead atoms. The van der Waals surface area contributed by atoms with Crippen molar-refractivity contribution < 1.29 is 4.79 Å². The highest BCUT2D eigenvalue weighted by atomic mass is 16.2. The predicted octanol–water partition coefficient (Wildman–Crippen LogP) is 1.17. The van der Waals surface area contributed by atoms with Crippen LogP contribution >= 0.6 is 0 Å². The summed E-state index contributed by atoms with van der Waals surface area (Å²) in [6.07, 6.45) is 0. The van der Waals surface area contributed by atoms with Gasteiger partial charge >= 0.3 is 6.03 Å². The summed E-state index contributed by atoms with van der Waals surface area (Å²) in [7, 11) is 0. The summed E-state index contributed by atoms with van der Waals surface area (Å²) < 4.78 is 0. The summed E-state index contributed by atoms with van der Waals surface area (Å²) in [6, 6.07) is 10.2. The molecule has 3 N–H and O–H groups in total. The summed E-state index contributed by atoms with van der Waals surface area (Å²) in [5.74, 6) is 5.19. The first-order chi connectivity index (χ1) is 9.03. The van der Waals surface area contributed by atoms with Gasteiger partial charge < -0.3 is 4.90 Å². The second-order valence-electron chi connectivity index (χ2n) is 5.59. The lowest BCUT2D eigenvalue weighted by atomic mass is 9.98. The van der Waals surface area contributed by atoms with E-state index in [0.29, 0.717) is 13.1 Å². The van der Waals surface area contributed by atoms with Crippen molar-refractivity contribution in [1.29, 1.82) is 0 Å². The number of rotatable bonds is 2. The molecule has 2 rings (SSSR count). The second-order valence-corrected chi connectivity index (χ2v) is 5.59. The minimum atomic E-state index is -0.201. The SMILES string of the molecule is CC1(C)CN(C(=O)NN)CCN1Cc1ccccc1. The fraction of sp³-hybridized carbons (Fsp3) is 0.500. The van der Waals surface area contributed by atoms with Crippen LogP contribution in [-0.2, 0) is 6.54 Å². The van der Waals surface area contributed by atoms with Crippen LogP contribution in [0.3, 0.4) is 0 Å². The Balaban J connectivity index is 2.02. The van der Waals surface area contributed by atoms with Crippen LogP contribution in [-0.4, -0.2) is 41.0 Å². The van der Waals surface area contributed by atoms with Crippen molar-refractivity contribution in [2.75, 3.05) is 19.6 Å². The highest BCUT2D eigenvalue weighted by Gasteiger charge is 2.35. The fourth-order valence-electron chi connectivity index (χ4n) is 2.55. The quantitative estimate of drug-likeness (QED) is 0.478. The number of nitrogens with two attached hydrogens (primary N) is 1. The molecule has 5 nitrogen and oxygen atoms in total. The van der Waals surface area contributed by atoms with Crippen LogP contribution in [0.4, 0.5) is 4.79 Å². The smallest absolute Gasteiger partial charge is 0.321 e. The number of carbonyl (C=O) groups is 1. The van der Waals surface area contributed by atoms with E-state index in [1.807, 2.05) is 6.07 Å². The van der Waals surface area contributed by atoms with E-state index >= 15 is 0 Å². The topological polar surface area (TPSA) is 61.6 Å². The maximum atomic E-state index is 11.6. The molecule has 0 atom stereocenters. The molecule has 0 spiro atoms. The van der Waals surface area contributed by atoms with Gasteiger partial charge in [-0.05, 0) is 19.4 Å². The largest absolute Gasteiger partial charge is 0.331 e. The van der Waals surface area contributed by atoms with Gasteiger partial charge in [0.05, 0.1) is 0 Å². The van der Waals surface area contributed by atoms with Gasteiger partial charge in [-0.3, -0.25) is 10.3 Å². The molecule has 104 valence electrons. The van der Waals surface area contributed by atoms with Gasteiger partial charge in [0, 0.05) is 31.7 Å². The lowest BCUT2D eigenvalue weighted by Crippen LogP contribution is -2.61. The Morgan fingerprint density at radius 1 is 1.32 bits per heavy atom. The van der Waals surface area contributed by atoms with Gasteiger partial charge in [0.25, 0.3) is 0 Å². The molecule has 1 aliphatic heterocycles. The number of nitrogens with zero attached hydrogens (tertiary/aromatic N) is 2. The molecule has 1 aliphatic rings. The molecule has 1 heterocycles. The number of piperazine rings is 1. The van der Waals surface area contributed by atoms with Crippen molar-refractivity contribution in [2.24, 2.45) is 5.84 Å². The summed E-state index contributed by atoms with van der Waals surface area (Å²) in [4.78, 5) is 15.8. The van der Waals surface area contributed by atoms with Gasteiger partial charge in [0.2, 0.25) is 0 Å². The number of hydrogen-bond acceptors (Lipinski definition) is 3. The molecule has 1 saturated heterocycles. The predicted molar refractivity (Wildman–Crippen MR) is 75.2 cm³/mol. The zero-order chi connectivity index (χ0) is 13.9. The molecule has 0 aromatic heterocycles. The van der Waals surface area contributed by atoms with Gasteiger partial charge in [0.1, 0.15) is 0 Å². The van der Waals surface area contributed by atoms with Gasteiger partial charge in [-0.25, -0.2) is 10.6 Å². The van der Waals surface area contributed by atoms with Crippen LogP contribution in [0.25, 0.3) is 0 Å². The molecule has 0 aliphatic carbocycles. The van der Waals surface area contributed by atoms with Gasteiger partial charge in [0.15, 0.2) is 0 Å². The van der Waals surface area contributed by atoms with Crippen molar-refractivity contribution in [2.45, 2.75) is 25.9 Å². The van der Waals surface area contributed by atoms with Crippen molar-refractivity contribution in [1.82, 2.24) is 15.2 Å². The Bertz CT molecular complexity index is 432. The summed E-state index contributed by atoms with van der Waals surface area (Å²) in [5, 5.41) is 0. The van der Waals surface area contributed by atoms with Crippen molar-refractivity contribution in [3.8, 4) is 0 Å².